The summed E-state index contributed by atoms with van der Waals surface area (Å²) in [6.45, 7) is 2.37. The number of nitrogen functional groups attached to an aromatic ring is 1. The zero-order valence-electron chi connectivity index (χ0n) is 9.48. The van der Waals surface area contributed by atoms with Gasteiger partial charge in [0.25, 0.3) is 0 Å². The molecule has 3 nitrogen and oxygen atoms in total. The largest absolute Gasteiger partial charge is 0.473 e. The number of ether oxygens (including phenoxy) is 1. The Kier molecular flexibility index (Phi) is 3.64. The number of halogens is 1. The zero-order chi connectivity index (χ0) is 12.3. The standard InChI is InChI=1S/C13H13BrN2O/c1-9-12(15)6-7-13(16-9)17-8-10-2-4-11(14)5-3-10/h2-7H,8,15H2,1H3. The lowest BCUT2D eigenvalue weighted by Crippen LogP contribution is -1.99. The molecule has 4 heteroatoms. The first-order chi connectivity index (χ1) is 8.15. The maximum atomic E-state index is 5.69. The van der Waals surface area contributed by atoms with Gasteiger partial charge in [-0.15, -0.1) is 0 Å². The van der Waals surface area contributed by atoms with Crippen LogP contribution in [0.25, 0.3) is 0 Å². The van der Waals surface area contributed by atoms with Gasteiger partial charge in [-0.25, -0.2) is 4.98 Å². The fraction of sp³-hybridized carbons (Fsp3) is 0.154. The molecule has 1 heterocycles. The third-order valence-corrected chi connectivity index (χ3v) is 2.93. The van der Waals surface area contributed by atoms with E-state index in [1.807, 2.05) is 31.2 Å². The average Bonchev–Trinajstić information content (AvgIpc) is 2.33. The van der Waals surface area contributed by atoms with Gasteiger partial charge in [0.05, 0.1) is 11.4 Å². The van der Waals surface area contributed by atoms with Crippen LogP contribution in [0.15, 0.2) is 40.9 Å². The lowest BCUT2D eigenvalue weighted by atomic mass is 10.2. The van der Waals surface area contributed by atoms with Crippen molar-refractivity contribution in [2.24, 2.45) is 0 Å². The SMILES string of the molecule is Cc1nc(OCc2ccc(Br)cc2)ccc1N. The summed E-state index contributed by atoms with van der Waals surface area (Å²) in [5.41, 5.74) is 8.26. The highest BCUT2D eigenvalue weighted by molar-refractivity contribution is 9.10. The van der Waals surface area contributed by atoms with Crippen LogP contribution < -0.4 is 10.5 Å². The van der Waals surface area contributed by atoms with Crippen molar-refractivity contribution in [3.8, 4) is 5.88 Å². The lowest BCUT2D eigenvalue weighted by molar-refractivity contribution is 0.293. The molecule has 2 rings (SSSR count). The number of rotatable bonds is 3. The van der Waals surface area contributed by atoms with E-state index in [9.17, 15) is 0 Å². The Balaban J connectivity index is 2.02. The van der Waals surface area contributed by atoms with Crippen LogP contribution in [0, 0.1) is 6.92 Å². The van der Waals surface area contributed by atoms with Gasteiger partial charge in [0.1, 0.15) is 6.61 Å². The Morgan fingerprint density at radius 2 is 1.88 bits per heavy atom. The number of benzene rings is 1. The van der Waals surface area contributed by atoms with Crippen LogP contribution in [0.4, 0.5) is 5.69 Å². The van der Waals surface area contributed by atoms with Crippen LogP contribution in [0.5, 0.6) is 5.88 Å². The van der Waals surface area contributed by atoms with Crippen molar-refractivity contribution in [1.29, 1.82) is 0 Å². The molecule has 0 spiro atoms. The number of pyridine rings is 1. The number of nitrogens with two attached hydrogens (primary N) is 1. The van der Waals surface area contributed by atoms with Gasteiger partial charge in [0.2, 0.25) is 5.88 Å². The van der Waals surface area contributed by atoms with E-state index in [2.05, 4.69) is 20.9 Å². The highest BCUT2D eigenvalue weighted by Crippen LogP contribution is 2.16. The second-order valence-electron chi connectivity index (χ2n) is 3.74. The maximum absolute atomic E-state index is 5.69. The molecule has 0 atom stereocenters. The smallest absolute Gasteiger partial charge is 0.213 e. The number of nitrogens with zero attached hydrogens (tertiary/aromatic N) is 1. The third-order valence-electron chi connectivity index (χ3n) is 2.40. The van der Waals surface area contributed by atoms with Gasteiger partial charge in [-0.1, -0.05) is 28.1 Å². The van der Waals surface area contributed by atoms with Crippen LogP contribution in [-0.4, -0.2) is 4.98 Å². The van der Waals surface area contributed by atoms with E-state index in [1.54, 1.807) is 12.1 Å². The monoisotopic (exact) mass is 292 g/mol. The summed E-state index contributed by atoms with van der Waals surface area (Å²) < 4.78 is 6.64. The van der Waals surface area contributed by atoms with Gasteiger partial charge in [0.15, 0.2) is 0 Å². The zero-order valence-corrected chi connectivity index (χ0v) is 11.1. The van der Waals surface area contributed by atoms with Gasteiger partial charge in [-0.05, 0) is 30.7 Å². The van der Waals surface area contributed by atoms with Gasteiger partial charge >= 0.3 is 0 Å². The summed E-state index contributed by atoms with van der Waals surface area (Å²) in [4.78, 5) is 4.25. The molecule has 17 heavy (non-hydrogen) atoms. The van der Waals surface area contributed by atoms with E-state index in [0.717, 1.165) is 15.7 Å². The van der Waals surface area contributed by atoms with E-state index >= 15 is 0 Å². The number of hydrogen-bond acceptors (Lipinski definition) is 3. The lowest BCUT2D eigenvalue weighted by Gasteiger charge is -2.07. The van der Waals surface area contributed by atoms with Gasteiger partial charge in [-0.2, -0.15) is 0 Å². The maximum Gasteiger partial charge on any atom is 0.213 e. The number of aromatic nitrogens is 1. The second kappa shape index (κ2) is 5.19. The molecule has 1 aromatic carbocycles. The summed E-state index contributed by atoms with van der Waals surface area (Å²) in [6.07, 6.45) is 0. The Hall–Kier alpha value is -1.55. The molecular formula is C13H13BrN2O. The second-order valence-corrected chi connectivity index (χ2v) is 4.65. The van der Waals surface area contributed by atoms with Crippen molar-refractivity contribution in [2.75, 3.05) is 5.73 Å². The molecule has 0 saturated heterocycles. The highest BCUT2D eigenvalue weighted by atomic mass is 79.9. The predicted octanol–water partition coefficient (Wildman–Crippen LogP) is 3.31. The quantitative estimate of drug-likeness (QED) is 0.944. The molecule has 0 fully saturated rings. The molecule has 0 unspecified atom stereocenters. The van der Waals surface area contributed by atoms with Gasteiger partial charge in [-0.3, -0.25) is 0 Å². The Labute approximate surface area is 109 Å². The van der Waals surface area contributed by atoms with E-state index in [0.29, 0.717) is 18.2 Å². The Morgan fingerprint density at radius 1 is 1.18 bits per heavy atom. The summed E-state index contributed by atoms with van der Waals surface area (Å²) in [6, 6.07) is 11.6. The Bertz CT molecular complexity index is 511. The van der Waals surface area contributed by atoms with Crippen LogP contribution >= 0.6 is 15.9 Å². The third kappa shape index (κ3) is 3.20. The highest BCUT2D eigenvalue weighted by Gasteiger charge is 2.00. The van der Waals surface area contributed by atoms with E-state index in [-0.39, 0.29) is 0 Å². The first-order valence-electron chi connectivity index (χ1n) is 5.25. The minimum Gasteiger partial charge on any atom is -0.473 e. The minimum atomic E-state index is 0.504. The van der Waals surface area contributed by atoms with Crippen molar-refractivity contribution in [3.05, 3.63) is 52.1 Å². The molecule has 0 saturated carbocycles. The van der Waals surface area contributed by atoms with Gasteiger partial charge < -0.3 is 10.5 Å². The summed E-state index contributed by atoms with van der Waals surface area (Å²) >= 11 is 3.39. The first kappa shape index (κ1) is 11.9. The molecule has 2 N–H and O–H groups in total. The minimum absolute atomic E-state index is 0.504. The molecular weight excluding hydrogens is 280 g/mol. The number of hydrogen-bond donors (Lipinski definition) is 1. The van der Waals surface area contributed by atoms with Crippen molar-refractivity contribution in [2.45, 2.75) is 13.5 Å². The molecule has 2 aromatic rings. The molecule has 0 aliphatic heterocycles. The Morgan fingerprint density at radius 3 is 2.53 bits per heavy atom. The first-order valence-corrected chi connectivity index (χ1v) is 6.05. The molecule has 0 radical (unpaired) electrons. The fourth-order valence-electron chi connectivity index (χ4n) is 1.37. The molecule has 0 bridgehead atoms. The van der Waals surface area contributed by atoms with Crippen LogP contribution in [0.3, 0.4) is 0 Å². The van der Waals surface area contributed by atoms with Crippen molar-refractivity contribution < 1.29 is 4.74 Å². The van der Waals surface area contributed by atoms with Crippen molar-refractivity contribution in [3.63, 3.8) is 0 Å². The van der Waals surface area contributed by atoms with Crippen LogP contribution in [0.2, 0.25) is 0 Å². The number of aryl methyl sites for hydroxylation is 1. The average molecular weight is 293 g/mol. The van der Waals surface area contributed by atoms with Gasteiger partial charge in [0, 0.05) is 10.5 Å². The van der Waals surface area contributed by atoms with Crippen LogP contribution in [0.1, 0.15) is 11.3 Å². The van der Waals surface area contributed by atoms with Crippen molar-refractivity contribution >= 4 is 21.6 Å². The molecule has 1 aromatic heterocycles. The molecule has 0 aliphatic carbocycles. The summed E-state index contributed by atoms with van der Waals surface area (Å²) in [7, 11) is 0. The van der Waals surface area contributed by atoms with E-state index < -0.39 is 0 Å². The predicted molar refractivity (Wildman–Crippen MR) is 71.9 cm³/mol. The molecule has 88 valence electrons. The van der Waals surface area contributed by atoms with E-state index in [1.165, 1.54) is 0 Å². The normalized spacial score (nSPS) is 10.2. The molecule has 0 aliphatic rings. The van der Waals surface area contributed by atoms with E-state index in [4.69, 9.17) is 10.5 Å². The fourth-order valence-corrected chi connectivity index (χ4v) is 1.63. The molecule has 0 amide bonds. The number of anilines is 1. The topological polar surface area (TPSA) is 48.1 Å². The van der Waals surface area contributed by atoms with Crippen molar-refractivity contribution in [1.82, 2.24) is 4.98 Å². The summed E-state index contributed by atoms with van der Waals surface area (Å²) in [5.74, 6) is 0.597. The van der Waals surface area contributed by atoms with Crippen LogP contribution in [-0.2, 0) is 6.61 Å². The summed E-state index contributed by atoms with van der Waals surface area (Å²) in [5, 5.41) is 0.